The molecule has 0 radical (unpaired) electrons. The zero-order chi connectivity index (χ0) is 15.9. The van der Waals surface area contributed by atoms with E-state index in [4.69, 9.17) is 14.5 Å². The lowest BCUT2D eigenvalue weighted by molar-refractivity contribution is -0.420. The highest BCUT2D eigenvalue weighted by Gasteiger charge is 2.20. The third kappa shape index (κ3) is 6.66. The molecule has 118 valence electrons. The van der Waals surface area contributed by atoms with Crippen LogP contribution in [0.15, 0.2) is 24.3 Å². The van der Waals surface area contributed by atoms with Crippen molar-refractivity contribution in [2.75, 3.05) is 6.61 Å². The summed E-state index contributed by atoms with van der Waals surface area (Å²) in [6, 6.07) is 6.07. The topological polar surface area (TPSA) is 70.8 Å². The highest BCUT2D eigenvalue weighted by Crippen LogP contribution is 2.24. The van der Waals surface area contributed by atoms with Gasteiger partial charge in [0.05, 0.1) is 17.1 Å². The Kier molecular flexibility index (Phi) is 6.74. The molecule has 0 aliphatic carbocycles. The summed E-state index contributed by atoms with van der Waals surface area (Å²) in [5.74, 6) is 0. The first kappa shape index (κ1) is 17.6. The van der Waals surface area contributed by atoms with Crippen LogP contribution in [0.1, 0.15) is 52.4 Å². The molecule has 1 aromatic rings. The van der Waals surface area contributed by atoms with Gasteiger partial charge in [-0.3, -0.25) is 10.1 Å². The number of unbranched alkanes of at least 4 members (excludes halogenated alkanes) is 1. The summed E-state index contributed by atoms with van der Waals surface area (Å²) in [6.45, 7) is 8.20. The van der Waals surface area contributed by atoms with Gasteiger partial charge in [-0.05, 0) is 39.3 Å². The van der Waals surface area contributed by atoms with E-state index in [1.54, 1.807) is 12.1 Å². The van der Waals surface area contributed by atoms with Crippen molar-refractivity contribution >= 4 is 5.69 Å². The summed E-state index contributed by atoms with van der Waals surface area (Å²) < 4.78 is 5.65. The van der Waals surface area contributed by atoms with Crippen molar-refractivity contribution in [1.29, 1.82) is 0 Å². The first-order valence-corrected chi connectivity index (χ1v) is 7.04. The molecule has 1 aromatic carbocycles. The highest BCUT2D eigenvalue weighted by molar-refractivity contribution is 5.33. The fourth-order valence-electron chi connectivity index (χ4n) is 1.46. The molecule has 0 heterocycles. The van der Waals surface area contributed by atoms with Crippen LogP contribution in [0.2, 0.25) is 0 Å². The van der Waals surface area contributed by atoms with E-state index in [0.717, 1.165) is 12.8 Å². The predicted octanol–water partition coefficient (Wildman–Crippen LogP) is 4.16. The summed E-state index contributed by atoms with van der Waals surface area (Å²) >= 11 is 0. The molecule has 1 rings (SSSR count). The minimum Gasteiger partial charge on any atom is -0.346 e. The monoisotopic (exact) mass is 297 g/mol. The number of nitro groups is 1. The largest absolute Gasteiger partial charge is 0.346 e. The van der Waals surface area contributed by atoms with Crippen LogP contribution in [0, 0.1) is 10.1 Å². The Morgan fingerprint density at radius 1 is 1.24 bits per heavy atom. The lowest BCUT2D eigenvalue weighted by Gasteiger charge is -2.23. The molecule has 0 aromatic heterocycles. The second-order valence-corrected chi connectivity index (χ2v) is 5.70. The van der Waals surface area contributed by atoms with Gasteiger partial charge < -0.3 is 4.74 Å². The molecule has 0 N–H and O–H groups in total. The quantitative estimate of drug-likeness (QED) is 0.237. The molecule has 0 aliphatic rings. The fourth-order valence-corrected chi connectivity index (χ4v) is 1.46. The molecule has 0 saturated heterocycles. The summed E-state index contributed by atoms with van der Waals surface area (Å²) in [4.78, 5) is 20.9. The van der Waals surface area contributed by atoms with E-state index in [1.807, 2.05) is 20.8 Å². The van der Waals surface area contributed by atoms with E-state index in [1.165, 1.54) is 12.1 Å². The predicted molar refractivity (Wildman–Crippen MR) is 78.6 cm³/mol. The molecule has 21 heavy (non-hydrogen) atoms. The van der Waals surface area contributed by atoms with Gasteiger partial charge in [-0.2, -0.15) is 4.89 Å². The van der Waals surface area contributed by atoms with Crippen molar-refractivity contribution in [2.45, 2.75) is 52.4 Å². The summed E-state index contributed by atoms with van der Waals surface area (Å²) in [6.07, 6.45) is 1.21. The van der Waals surface area contributed by atoms with Crippen LogP contribution >= 0.6 is 0 Å². The maximum atomic E-state index is 10.7. The zero-order valence-electron chi connectivity index (χ0n) is 13.0. The van der Waals surface area contributed by atoms with E-state index in [0.29, 0.717) is 12.2 Å². The SMILES string of the molecule is CCCCOC(OOC(C)(C)C)c1ccc([N+](=O)[O-])cc1. The van der Waals surface area contributed by atoms with Crippen LogP contribution < -0.4 is 0 Å². The van der Waals surface area contributed by atoms with E-state index >= 15 is 0 Å². The maximum absolute atomic E-state index is 10.7. The molecule has 1 atom stereocenters. The van der Waals surface area contributed by atoms with Crippen molar-refractivity contribution in [3.8, 4) is 0 Å². The number of nitro benzene ring substituents is 1. The maximum Gasteiger partial charge on any atom is 0.269 e. The summed E-state index contributed by atoms with van der Waals surface area (Å²) in [5, 5.41) is 10.7. The molecule has 6 heteroatoms. The summed E-state index contributed by atoms with van der Waals surface area (Å²) in [7, 11) is 0. The van der Waals surface area contributed by atoms with Crippen molar-refractivity contribution in [2.24, 2.45) is 0 Å². The minimum atomic E-state index is -0.698. The summed E-state index contributed by atoms with van der Waals surface area (Å²) in [5.41, 5.74) is 0.247. The van der Waals surface area contributed by atoms with Crippen LogP contribution in [-0.4, -0.2) is 17.1 Å². The molecular formula is C15H23NO5. The van der Waals surface area contributed by atoms with E-state index in [-0.39, 0.29) is 5.69 Å². The number of benzene rings is 1. The molecule has 0 spiro atoms. The molecular weight excluding hydrogens is 274 g/mol. The number of hydrogen-bond acceptors (Lipinski definition) is 5. The van der Waals surface area contributed by atoms with Crippen molar-refractivity contribution in [1.82, 2.24) is 0 Å². The average molecular weight is 297 g/mol. The first-order valence-electron chi connectivity index (χ1n) is 7.04. The van der Waals surface area contributed by atoms with Gasteiger partial charge in [0.25, 0.3) is 5.69 Å². The molecule has 0 saturated carbocycles. The van der Waals surface area contributed by atoms with Gasteiger partial charge in [0.2, 0.25) is 6.29 Å². The number of non-ortho nitro benzene ring substituents is 1. The average Bonchev–Trinajstić information content (AvgIpc) is 2.42. The Hall–Kier alpha value is -1.50. The van der Waals surface area contributed by atoms with Gasteiger partial charge in [-0.1, -0.05) is 13.3 Å². The number of nitrogens with zero attached hydrogens (tertiary/aromatic N) is 1. The lowest BCUT2D eigenvalue weighted by Crippen LogP contribution is -2.22. The Morgan fingerprint density at radius 3 is 2.33 bits per heavy atom. The Morgan fingerprint density at radius 2 is 1.86 bits per heavy atom. The third-order valence-electron chi connectivity index (χ3n) is 2.53. The Bertz CT molecular complexity index is 438. The van der Waals surface area contributed by atoms with Gasteiger partial charge in [-0.25, -0.2) is 4.89 Å². The standard InChI is InChI=1S/C15H23NO5/c1-5-6-11-19-14(20-21-15(2,3)4)12-7-9-13(10-8-12)16(17)18/h7-10,14H,5-6,11H2,1-4H3. The van der Waals surface area contributed by atoms with Crippen LogP contribution in [0.25, 0.3) is 0 Å². The van der Waals surface area contributed by atoms with Gasteiger partial charge in [-0.15, -0.1) is 0 Å². The Labute approximate surface area is 125 Å². The second kappa shape index (κ2) is 8.07. The van der Waals surface area contributed by atoms with E-state index in [2.05, 4.69) is 6.92 Å². The third-order valence-corrected chi connectivity index (χ3v) is 2.53. The van der Waals surface area contributed by atoms with Gasteiger partial charge in [0, 0.05) is 17.7 Å². The second-order valence-electron chi connectivity index (χ2n) is 5.70. The van der Waals surface area contributed by atoms with Gasteiger partial charge in [0.1, 0.15) is 0 Å². The molecule has 0 amide bonds. The van der Waals surface area contributed by atoms with Crippen LogP contribution in [0.4, 0.5) is 5.69 Å². The normalized spacial score (nSPS) is 13.1. The van der Waals surface area contributed by atoms with Crippen LogP contribution in [0.3, 0.4) is 0 Å². The Balaban J connectivity index is 2.76. The number of hydrogen-bond donors (Lipinski definition) is 0. The smallest absolute Gasteiger partial charge is 0.269 e. The molecule has 0 bridgehead atoms. The van der Waals surface area contributed by atoms with Crippen molar-refractivity contribution in [3.63, 3.8) is 0 Å². The highest BCUT2D eigenvalue weighted by atomic mass is 17.2. The van der Waals surface area contributed by atoms with Crippen molar-refractivity contribution < 1.29 is 19.4 Å². The first-order chi connectivity index (χ1) is 9.83. The van der Waals surface area contributed by atoms with Crippen LogP contribution in [0.5, 0.6) is 0 Å². The van der Waals surface area contributed by atoms with E-state index in [9.17, 15) is 10.1 Å². The fraction of sp³-hybridized carbons (Fsp3) is 0.600. The zero-order valence-corrected chi connectivity index (χ0v) is 13.0. The minimum absolute atomic E-state index is 0.0304. The van der Waals surface area contributed by atoms with Gasteiger partial charge in [0.15, 0.2) is 0 Å². The van der Waals surface area contributed by atoms with Crippen LogP contribution in [-0.2, 0) is 14.5 Å². The molecule has 0 aliphatic heterocycles. The lowest BCUT2D eigenvalue weighted by atomic mass is 10.2. The molecule has 1 unspecified atom stereocenters. The molecule has 6 nitrogen and oxygen atoms in total. The number of ether oxygens (including phenoxy) is 1. The van der Waals surface area contributed by atoms with E-state index < -0.39 is 16.8 Å². The van der Waals surface area contributed by atoms with Crippen molar-refractivity contribution in [3.05, 3.63) is 39.9 Å². The number of rotatable bonds is 8. The molecule has 0 fully saturated rings. The van der Waals surface area contributed by atoms with Gasteiger partial charge >= 0.3 is 0 Å².